The fraction of sp³-hybridized carbons (Fsp3) is 0.667. The molecule has 1 atom stereocenters. The maximum absolute atomic E-state index is 12.0. The van der Waals surface area contributed by atoms with Crippen molar-refractivity contribution < 1.29 is 14.3 Å². The largest absolute Gasteiger partial charge is 0.480 e. The summed E-state index contributed by atoms with van der Waals surface area (Å²) in [4.78, 5) is 10.3. The minimum atomic E-state index is -1.86. The molecular weight excluding hydrogens is 151 g/mol. The molecule has 0 heterocycles. The number of carbonyl (C=O) groups is 1. The summed E-state index contributed by atoms with van der Waals surface area (Å²) in [6.45, 7) is -0.839. The highest BCUT2D eigenvalue weighted by molar-refractivity contribution is 5.80. The third kappa shape index (κ3) is 2.81. The lowest BCUT2D eigenvalue weighted by atomic mass is 9.97. The number of hydrogen-bond acceptors (Lipinski definition) is 3. The number of halogens is 1. The minimum absolute atomic E-state index is 0.270. The molecule has 5 heteroatoms. The summed E-state index contributed by atoms with van der Waals surface area (Å²) in [6, 6.07) is 0. The average Bonchev–Trinajstić information content (AvgIpc) is 2.00. The maximum Gasteiger partial charge on any atom is 0.326 e. The highest BCUT2D eigenvalue weighted by Gasteiger charge is 2.33. The van der Waals surface area contributed by atoms with Crippen LogP contribution in [0.25, 0.3) is 0 Å². The van der Waals surface area contributed by atoms with Gasteiger partial charge in [0.2, 0.25) is 0 Å². The van der Waals surface area contributed by atoms with Crippen LogP contribution in [0.4, 0.5) is 4.39 Å². The topological polar surface area (TPSA) is 89.3 Å². The van der Waals surface area contributed by atoms with Crippen LogP contribution in [0.2, 0.25) is 0 Å². The summed E-state index contributed by atoms with van der Waals surface area (Å²) in [7, 11) is 0. The number of carboxylic acid groups (broad SMARTS) is 1. The minimum Gasteiger partial charge on any atom is -0.480 e. The Hall–Kier alpha value is -0.680. The third-order valence-electron chi connectivity index (χ3n) is 1.29. The molecule has 0 aromatic rings. The van der Waals surface area contributed by atoms with Gasteiger partial charge in [0.1, 0.15) is 12.2 Å². The molecule has 0 aliphatic heterocycles. The van der Waals surface area contributed by atoms with Gasteiger partial charge in [0.15, 0.2) is 0 Å². The number of nitrogens with two attached hydrogens (primary N) is 2. The van der Waals surface area contributed by atoms with Gasteiger partial charge in [0.05, 0.1) is 0 Å². The molecule has 0 amide bonds. The second-order valence-corrected chi connectivity index (χ2v) is 2.26. The number of alkyl halides is 1. The molecule has 0 aromatic heterocycles. The monoisotopic (exact) mass is 163 g/mol. The fourth-order valence-corrected chi connectivity index (χ4v) is 0.540. The van der Waals surface area contributed by atoms with Crippen molar-refractivity contribution in [3.05, 3.63) is 6.42 Å². The highest BCUT2D eigenvalue weighted by Crippen LogP contribution is 2.08. The zero-order valence-electron chi connectivity index (χ0n) is 6.09. The Morgan fingerprint density at radius 1 is 1.73 bits per heavy atom. The van der Waals surface area contributed by atoms with Gasteiger partial charge in [-0.3, -0.25) is 4.79 Å². The SMILES string of the molecule is NCC[CH]C(N)(CF)C(=O)O. The van der Waals surface area contributed by atoms with Crippen molar-refractivity contribution in [2.75, 3.05) is 13.2 Å². The molecule has 1 unspecified atom stereocenters. The second-order valence-electron chi connectivity index (χ2n) is 2.26. The van der Waals surface area contributed by atoms with E-state index in [0.29, 0.717) is 6.42 Å². The molecule has 0 bridgehead atoms. The summed E-state index contributed by atoms with van der Waals surface area (Å²) in [5.74, 6) is -1.37. The third-order valence-corrected chi connectivity index (χ3v) is 1.29. The van der Waals surface area contributed by atoms with Crippen LogP contribution in [-0.2, 0) is 4.79 Å². The fourth-order valence-electron chi connectivity index (χ4n) is 0.540. The Kier molecular flexibility index (Phi) is 3.99. The molecule has 0 aromatic carbocycles. The Balaban J connectivity index is 3.99. The van der Waals surface area contributed by atoms with Crippen molar-refractivity contribution in [3.8, 4) is 0 Å². The van der Waals surface area contributed by atoms with E-state index in [1.165, 1.54) is 6.42 Å². The van der Waals surface area contributed by atoms with Crippen molar-refractivity contribution in [3.63, 3.8) is 0 Å². The standard InChI is InChI=1S/C6H12FN2O2/c7-4-6(9,5(10)11)2-1-3-8/h2H,1,3-4,8-9H2,(H,10,11). The van der Waals surface area contributed by atoms with Crippen LogP contribution in [0.5, 0.6) is 0 Å². The van der Waals surface area contributed by atoms with E-state index in [0.717, 1.165) is 0 Å². The lowest BCUT2D eigenvalue weighted by Gasteiger charge is -2.19. The van der Waals surface area contributed by atoms with E-state index >= 15 is 0 Å². The molecule has 5 N–H and O–H groups in total. The van der Waals surface area contributed by atoms with E-state index < -0.39 is 18.2 Å². The average molecular weight is 163 g/mol. The molecule has 65 valence electrons. The van der Waals surface area contributed by atoms with Gasteiger partial charge < -0.3 is 16.6 Å². The van der Waals surface area contributed by atoms with E-state index in [-0.39, 0.29) is 6.54 Å². The van der Waals surface area contributed by atoms with E-state index in [9.17, 15) is 9.18 Å². The summed E-state index contributed by atoms with van der Waals surface area (Å²) in [5.41, 5.74) is 8.37. The molecule has 0 saturated carbocycles. The Morgan fingerprint density at radius 2 is 2.27 bits per heavy atom. The number of rotatable bonds is 5. The van der Waals surface area contributed by atoms with Crippen LogP contribution in [0.1, 0.15) is 6.42 Å². The normalized spacial score (nSPS) is 15.9. The van der Waals surface area contributed by atoms with E-state index in [2.05, 4.69) is 0 Å². The van der Waals surface area contributed by atoms with Crippen molar-refractivity contribution in [1.29, 1.82) is 0 Å². The smallest absolute Gasteiger partial charge is 0.326 e. The number of hydrogen-bond donors (Lipinski definition) is 3. The predicted molar refractivity (Wildman–Crippen MR) is 38.5 cm³/mol. The van der Waals surface area contributed by atoms with Crippen LogP contribution < -0.4 is 11.5 Å². The Morgan fingerprint density at radius 3 is 2.55 bits per heavy atom. The van der Waals surface area contributed by atoms with Crippen molar-refractivity contribution in [2.24, 2.45) is 11.5 Å². The summed E-state index contributed by atoms with van der Waals surface area (Å²) in [5, 5.41) is 8.42. The Labute approximate surface area is 64.4 Å². The van der Waals surface area contributed by atoms with Crippen LogP contribution in [-0.4, -0.2) is 29.8 Å². The van der Waals surface area contributed by atoms with E-state index in [4.69, 9.17) is 16.6 Å². The first-order valence-corrected chi connectivity index (χ1v) is 3.19. The van der Waals surface area contributed by atoms with Gasteiger partial charge in [0, 0.05) is 0 Å². The van der Waals surface area contributed by atoms with Gasteiger partial charge in [0.25, 0.3) is 0 Å². The van der Waals surface area contributed by atoms with Gasteiger partial charge in [-0.25, -0.2) is 4.39 Å². The first-order chi connectivity index (χ1) is 5.06. The maximum atomic E-state index is 12.0. The van der Waals surface area contributed by atoms with Crippen LogP contribution in [0.3, 0.4) is 0 Å². The zero-order chi connectivity index (χ0) is 8.91. The highest BCUT2D eigenvalue weighted by atomic mass is 19.1. The van der Waals surface area contributed by atoms with E-state index in [1.807, 2.05) is 0 Å². The molecule has 4 nitrogen and oxygen atoms in total. The quantitative estimate of drug-likeness (QED) is 0.499. The lowest BCUT2D eigenvalue weighted by molar-refractivity contribution is -0.142. The summed E-state index contributed by atoms with van der Waals surface area (Å²) in [6.07, 6.45) is 1.47. The molecule has 1 radical (unpaired) electrons. The number of aliphatic carboxylic acids is 1. The molecule has 0 saturated heterocycles. The van der Waals surface area contributed by atoms with Crippen LogP contribution in [0.15, 0.2) is 0 Å². The molecule has 0 rings (SSSR count). The second kappa shape index (κ2) is 4.25. The molecule has 0 aliphatic rings. The van der Waals surface area contributed by atoms with Crippen molar-refractivity contribution in [2.45, 2.75) is 12.0 Å². The van der Waals surface area contributed by atoms with Gasteiger partial charge in [-0.2, -0.15) is 0 Å². The van der Waals surface area contributed by atoms with Gasteiger partial charge in [-0.05, 0) is 19.4 Å². The first-order valence-electron chi connectivity index (χ1n) is 3.19. The molecule has 11 heavy (non-hydrogen) atoms. The van der Waals surface area contributed by atoms with Crippen LogP contribution in [0, 0.1) is 6.42 Å². The summed E-state index contributed by atoms with van der Waals surface area (Å²) < 4.78 is 12.0. The van der Waals surface area contributed by atoms with E-state index in [1.54, 1.807) is 0 Å². The van der Waals surface area contributed by atoms with Crippen LogP contribution >= 0.6 is 0 Å². The molecule has 0 fully saturated rings. The van der Waals surface area contributed by atoms with Gasteiger partial charge in [-0.15, -0.1) is 0 Å². The van der Waals surface area contributed by atoms with Gasteiger partial charge in [-0.1, -0.05) is 0 Å². The summed E-state index contributed by atoms with van der Waals surface area (Å²) >= 11 is 0. The molecule has 0 spiro atoms. The first kappa shape index (κ1) is 10.3. The number of carboxylic acids is 1. The van der Waals surface area contributed by atoms with Crippen molar-refractivity contribution >= 4 is 5.97 Å². The van der Waals surface area contributed by atoms with Gasteiger partial charge >= 0.3 is 5.97 Å². The predicted octanol–water partition coefficient (Wildman–Crippen LogP) is -0.709. The Bertz CT molecular complexity index is 143. The molecular formula is C6H12FN2O2. The van der Waals surface area contributed by atoms with Crippen molar-refractivity contribution in [1.82, 2.24) is 0 Å². The zero-order valence-corrected chi connectivity index (χ0v) is 6.09. The molecule has 0 aliphatic carbocycles. The lowest BCUT2D eigenvalue weighted by Crippen LogP contribution is -2.50.